The van der Waals surface area contributed by atoms with Crippen LogP contribution in [0.4, 0.5) is 17.2 Å². The van der Waals surface area contributed by atoms with Crippen LogP contribution in [-0.2, 0) is 0 Å². The van der Waals surface area contributed by atoms with Crippen LogP contribution in [0.25, 0.3) is 0 Å². The maximum atomic E-state index is 10.7. The van der Waals surface area contributed by atoms with Crippen LogP contribution in [0.1, 0.15) is 10.4 Å². The van der Waals surface area contributed by atoms with E-state index >= 15 is 0 Å². The number of aromatic carboxylic acids is 1. The Balaban J connectivity index is 2.26. The second kappa shape index (κ2) is 4.48. The molecule has 0 aliphatic carbocycles. The van der Waals surface area contributed by atoms with Crippen molar-refractivity contribution in [3.05, 3.63) is 42.4 Å². The molecule has 0 bridgehead atoms. The number of anilines is 3. The third-order valence-corrected chi connectivity index (χ3v) is 2.09. The summed E-state index contributed by atoms with van der Waals surface area (Å²) in [6.45, 7) is 0. The molecule has 0 aromatic carbocycles. The van der Waals surface area contributed by atoms with Crippen molar-refractivity contribution >= 4 is 23.2 Å². The lowest BCUT2D eigenvalue weighted by Gasteiger charge is -2.07. The summed E-state index contributed by atoms with van der Waals surface area (Å²) >= 11 is 0. The Hall–Kier alpha value is -2.63. The number of hydrogen-bond acceptors (Lipinski definition) is 5. The summed E-state index contributed by atoms with van der Waals surface area (Å²) in [5, 5.41) is 11.7. The normalized spacial score (nSPS) is 9.88. The van der Waals surface area contributed by atoms with Gasteiger partial charge in [-0.3, -0.25) is 4.98 Å². The lowest BCUT2D eigenvalue weighted by atomic mass is 10.2. The number of nitrogens with two attached hydrogens (primary N) is 1. The van der Waals surface area contributed by atoms with Crippen molar-refractivity contribution in [2.75, 3.05) is 11.1 Å². The lowest BCUT2D eigenvalue weighted by Crippen LogP contribution is -2.03. The average Bonchev–Trinajstić information content (AvgIpc) is 2.33. The fourth-order valence-electron chi connectivity index (χ4n) is 1.28. The summed E-state index contributed by atoms with van der Waals surface area (Å²) in [6, 6.07) is 4.93. The van der Waals surface area contributed by atoms with E-state index in [1.165, 1.54) is 12.3 Å². The molecule has 0 aliphatic rings. The molecule has 0 unspecified atom stereocenters. The van der Waals surface area contributed by atoms with Crippen LogP contribution in [0.3, 0.4) is 0 Å². The zero-order valence-corrected chi connectivity index (χ0v) is 8.79. The van der Waals surface area contributed by atoms with Gasteiger partial charge in [-0.2, -0.15) is 0 Å². The van der Waals surface area contributed by atoms with Crippen molar-refractivity contribution in [3.8, 4) is 0 Å². The second-order valence-corrected chi connectivity index (χ2v) is 3.33. The number of rotatable bonds is 3. The molecule has 86 valence electrons. The highest BCUT2D eigenvalue weighted by Crippen LogP contribution is 2.20. The quantitative estimate of drug-likeness (QED) is 0.738. The smallest absolute Gasteiger partial charge is 0.337 e. The predicted octanol–water partition coefficient (Wildman–Crippen LogP) is 1.50. The molecule has 0 aliphatic heterocycles. The Morgan fingerprint density at radius 3 is 2.82 bits per heavy atom. The van der Waals surface area contributed by atoms with E-state index in [2.05, 4.69) is 15.3 Å². The molecule has 0 fully saturated rings. The maximum Gasteiger partial charge on any atom is 0.337 e. The van der Waals surface area contributed by atoms with Gasteiger partial charge in [-0.25, -0.2) is 9.78 Å². The van der Waals surface area contributed by atoms with Crippen LogP contribution in [0.5, 0.6) is 0 Å². The van der Waals surface area contributed by atoms with Crippen LogP contribution in [0.15, 0.2) is 36.8 Å². The molecule has 0 amide bonds. The summed E-state index contributed by atoms with van der Waals surface area (Å²) in [7, 11) is 0. The number of nitrogens with one attached hydrogen (secondary N) is 1. The third kappa shape index (κ3) is 2.49. The van der Waals surface area contributed by atoms with Gasteiger partial charge in [0, 0.05) is 12.4 Å². The Kier molecular flexibility index (Phi) is 2.87. The number of pyridine rings is 2. The Bertz CT molecular complexity index is 542. The second-order valence-electron chi connectivity index (χ2n) is 3.33. The molecular weight excluding hydrogens is 220 g/mol. The van der Waals surface area contributed by atoms with Gasteiger partial charge in [-0.1, -0.05) is 0 Å². The zero-order chi connectivity index (χ0) is 12.3. The molecule has 2 heterocycles. The van der Waals surface area contributed by atoms with Crippen molar-refractivity contribution < 1.29 is 9.90 Å². The fraction of sp³-hybridized carbons (Fsp3) is 0. The first kappa shape index (κ1) is 10.9. The average molecular weight is 230 g/mol. The molecule has 0 radical (unpaired) electrons. The van der Waals surface area contributed by atoms with Crippen molar-refractivity contribution in [2.45, 2.75) is 0 Å². The molecule has 4 N–H and O–H groups in total. The van der Waals surface area contributed by atoms with Crippen LogP contribution < -0.4 is 11.1 Å². The van der Waals surface area contributed by atoms with Crippen LogP contribution in [0.2, 0.25) is 0 Å². The Labute approximate surface area is 97.1 Å². The Morgan fingerprint density at radius 2 is 2.24 bits per heavy atom. The Morgan fingerprint density at radius 1 is 1.41 bits per heavy atom. The monoisotopic (exact) mass is 230 g/mol. The highest BCUT2D eigenvalue weighted by Gasteiger charge is 2.07. The molecule has 2 aromatic rings. The number of nitrogens with zero attached hydrogens (tertiary/aromatic N) is 2. The minimum atomic E-state index is -1.06. The van der Waals surface area contributed by atoms with Gasteiger partial charge in [0.15, 0.2) is 5.82 Å². The van der Waals surface area contributed by atoms with Gasteiger partial charge < -0.3 is 16.2 Å². The van der Waals surface area contributed by atoms with E-state index in [1.807, 2.05) is 0 Å². The highest BCUT2D eigenvalue weighted by atomic mass is 16.4. The summed E-state index contributed by atoms with van der Waals surface area (Å²) in [5.74, 6) is -0.653. The summed E-state index contributed by atoms with van der Waals surface area (Å²) in [6.07, 6.45) is 4.51. The standard InChI is InChI=1S/C11H10N4O2/c12-9-4-7(11(16)17)5-14-10(9)15-8-2-1-3-13-6-8/h1-6H,12H2,(H,14,15)(H,16,17). The van der Waals surface area contributed by atoms with E-state index in [9.17, 15) is 4.79 Å². The van der Waals surface area contributed by atoms with Crippen LogP contribution >= 0.6 is 0 Å². The number of carboxylic acids is 1. The van der Waals surface area contributed by atoms with E-state index in [0.29, 0.717) is 5.82 Å². The zero-order valence-electron chi connectivity index (χ0n) is 8.79. The number of nitrogen functional groups attached to an aromatic ring is 1. The number of carbonyl (C=O) groups is 1. The first-order valence-electron chi connectivity index (χ1n) is 4.82. The molecule has 0 spiro atoms. The van der Waals surface area contributed by atoms with Crippen LogP contribution in [0, 0.1) is 0 Å². The summed E-state index contributed by atoms with van der Waals surface area (Å²) in [5.41, 5.74) is 6.76. The molecular formula is C11H10N4O2. The van der Waals surface area contributed by atoms with Crippen molar-refractivity contribution in [1.82, 2.24) is 9.97 Å². The molecule has 6 heteroatoms. The topological polar surface area (TPSA) is 101 Å². The SMILES string of the molecule is Nc1cc(C(=O)O)cnc1Nc1cccnc1. The predicted molar refractivity (Wildman–Crippen MR) is 63.1 cm³/mol. The van der Waals surface area contributed by atoms with Gasteiger partial charge >= 0.3 is 5.97 Å². The van der Waals surface area contributed by atoms with Gasteiger partial charge in [-0.15, -0.1) is 0 Å². The fourth-order valence-corrected chi connectivity index (χ4v) is 1.28. The van der Waals surface area contributed by atoms with E-state index in [-0.39, 0.29) is 11.3 Å². The van der Waals surface area contributed by atoms with E-state index in [4.69, 9.17) is 10.8 Å². The van der Waals surface area contributed by atoms with Gasteiger partial charge in [0.05, 0.1) is 23.1 Å². The van der Waals surface area contributed by atoms with Gasteiger partial charge in [0.2, 0.25) is 0 Å². The first-order chi connectivity index (χ1) is 8.16. The molecule has 0 saturated carbocycles. The van der Waals surface area contributed by atoms with Crippen molar-refractivity contribution in [2.24, 2.45) is 0 Å². The number of hydrogen-bond donors (Lipinski definition) is 3. The van der Waals surface area contributed by atoms with E-state index in [1.54, 1.807) is 24.5 Å². The first-order valence-corrected chi connectivity index (χ1v) is 4.82. The van der Waals surface area contributed by atoms with E-state index < -0.39 is 5.97 Å². The molecule has 0 saturated heterocycles. The number of carboxylic acid groups (broad SMARTS) is 1. The van der Waals surface area contributed by atoms with Gasteiger partial charge in [-0.05, 0) is 18.2 Å². The summed E-state index contributed by atoms with van der Waals surface area (Å²) in [4.78, 5) is 18.6. The molecule has 17 heavy (non-hydrogen) atoms. The van der Waals surface area contributed by atoms with Gasteiger partial charge in [0.1, 0.15) is 0 Å². The molecule has 2 rings (SSSR count). The largest absolute Gasteiger partial charge is 0.478 e. The molecule has 2 aromatic heterocycles. The minimum Gasteiger partial charge on any atom is -0.478 e. The summed E-state index contributed by atoms with van der Waals surface area (Å²) < 4.78 is 0. The van der Waals surface area contributed by atoms with E-state index in [0.717, 1.165) is 5.69 Å². The van der Waals surface area contributed by atoms with Crippen molar-refractivity contribution in [3.63, 3.8) is 0 Å². The lowest BCUT2D eigenvalue weighted by molar-refractivity contribution is 0.0696. The minimum absolute atomic E-state index is 0.0548. The number of aromatic nitrogens is 2. The molecule has 6 nitrogen and oxygen atoms in total. The maximum absolute atomic E-state index is 10.7. The highest BCUT2D eigenvalue weighted by molar-refractivity contribution is 5.89. The van der Waals surface area contributed by atoms with Gasteiger partial charge in [0.25, 0.3) is 0 Å². The molecule has 0 atom stereocenters. The van der Waals surface area contributed by atoms with Crippen LogP contribution in [-0.4, -0.2) is 21.0 Å². The van der Waals surface area contributed by atoms with Crippen molar-refractivity contribution in [1.29, 1.82) is 0 Å². The third-order valence-electron chi connectivity index (χ3n) is 2.09.